The van der Waals surface area contributed by atoms with Gasteiger partial charge >= 0.3 is 11.9 Å². The minimum Gasteiger partial charge on any atom is -0.465 e. The molecule has 0 aromatic heterocycles. The molecule has 0 spiro atoms. The Morgan fingerprint density at radius 1 is 0.441 bits per heavy atom. The van der Waals surface area contributed by atoms with Crippen molar-refractivity contribution < 1.29 is 19.1 Å². The van der Waals surface area contributed by atoms with Gasteiger partial charge in [-0.05, 0) is 26.7 Å². The highest BCUT2D eigenvalue weighted by Crippen LogP contribution is 2.21. The Labute approximate surface area is 212 Å². The minimum absolute atomic E-state index is 0.393. The van der Waals surface area contributed by atoms with Crippen LogP contribution in [0.5, 0.6) is 0 Å². The Morgan fingerprint density at radius 2 is 0.676 bits per heavy atom. The fourth-order valence-corrected chi connectivity index (χ4v) is 4.13. The number of esters is 2. The zero-order valence-corrected chi connectivity index (χ0v) is 23.4. The maximum atomic E-state index is 12.4. The molecule has 202 valence electrons. The highest BCUT2D eigenvalue weighted by Gasteiger charge is 2.39. The highest BCUT2D eigenvalue weighted by molar-refractivity contribution is 5.99. The standard InChI is InChI=1S/C30H58O4/c1-5-7-9-11-13-15-17-19-21-23-25-27-34-29(32)30(3,4)28(31)33-26-24-22-20-18-16-14-12-10-8-6-2/h5-27H2,1-4H3. The first-order chi connectivity index (χ1) is 16.5. The van der Waals surface area contributed by atoms with Gasteiger partial charge in [0.2, 0.25) is 0 Å². The Balaban J connectivity index is 3.63. The molecule has 0 bridgehead atoms. The van der Waals surface area contributed by atoms with Crippen LogP contribution in [-0.4, -0.2) is 25.2 Å². The lowest BCUT2D eigenvalue weighted by molar-refractivity contribution is -0.170. The summed E-state index contributed by atoms with van der Waals surface area (Å²) in [6.45, 7) is 8.50. The van der Waals surface area contributed by atoms with Crippen LogP contribution in [0.2, 0.25) is 0 Å². The summed E-state index contributed by atoms with van der Waals surface area (Å²) in [5.41, 5.74) is -1.23. The lowest BCUT2D eigenvalue weighted by Crippen LogP contribution is -2.37. The topological polar surface area (TPSA) is 52.6 Å². The molecule has 4 heteroatoms. The molecule has 4 nitrogen and oxygen atoms in total. The van der Waals surface area contributed by atoms with Crippen LogP contribution in [0.3, 0.4) is 0 Å². The van der Waals surface area contributed by atoms with E-state index in [1.165, 1.54) is 109 Å². The summed E-state index contributed by atoms with van der Waals surface area (Å²) < 4.78 is 10.8. The zero-order valence-electron chi connectivity index (χ0n) is 23.4. The van der Waals surface area contributed by atoms with Crippen LogP contribution >= 0.6 is 0 Å². The molecular weight excluding hydrogens is 424 g/mol. The Bertz CT molecular complexity index is 472. The monoisotopic (exact) mass is 482 g/mol. The van der Waals surface area contributed by atoms with Gasteiger partial charge in [-0.25, -0.2) is 0 Å². The first kappa shape index (κ1) is 32.9. The van der Waals surface area contributed by atoms with E-state index < -0.39 is 17.4 Å². The van der Waals surface area contributed by atoms with Gasteiger partial charge in [-0.15, -0.1) is 0 Å². The van der Waals surface area contributed by atoms with Crippen LogP contribution < -0.4 is 0 Å². The van der Waals surface area contributed by atoms with E-state index in [9.17, 15) is 9.59 Å². The van der Waals surface area contributed by atoms with Gasteiger partial charge in [-0.2, -0.15) is 0 Å². The molecule has 0 aliphatic heterocycles. The van der Waals surface area contributed by atoms with Crippen LogP contribution in [-0.2, 0) is 19.1 Å². The van der Waals surface area contributed by atoms with Crippen LogP contribution in [0.4, 0.5) is 0 Å². The molecule has 0 fully saturated rings. The zero-order chi connectivity index (χ0) is 25.3. The summed E-state index contributed by atoms with van der Waals surface area (Å²) in [5.74, 6) is -0.931. The third kappa shape index (κ3) is 19.3. The molecule has 0 aliphatic carbocycles. The van der Waals surface area contributed by atoms with E-state index in [2.05, 4.69) is 13.8 Å². The van der Waals surface area contributed by atoms with Crippen molar-refractivity contribution in [2.24, 2.45) is 5.41 Å². The summed E-state index contributed by atoms with van der Waals surface area (Å²) in [7, 11) is 0. The van der Waals surface area contributed by atoms with Crippen molar-refractivity contribution in [2.75, 3.05) is 13.2 Å². The van der Waals surface area contributed by atoms with E-state index in [-0.39, 0.29) is 0 Å². The average molecular weight is 483 g/mol. The molecular formula is C30H58O4. The summed E-state index contributed by atoms with van der Waals surface area (Å²) >= 11 is 0. The number of unbranched alkanes of at least 4 members (excludes halogenated alkanes) is 19. The van der Waals surface area contributed by atoms with Gasteiger partial charge in [0.25, 0.3) is 0 Å². The third-order valence-corrected chi connectivity index (χ3v) is 6.73. The maximum absolute atomic E-state index is 12.4. The van der Waals surface area contributed by atoms with E-state index in [1.807, 2.05) is 0 Å². The van der Waals surface area contributed by atoms with Gasteiger partial charge in [0.05, 0.1) is 13.2 Å². The van der Waals surface area contributed by atoms with Crippen molar-refractivity contribution >= 4 is 11.9 Å². The first-order valence-corrected chi connectivity index (χ1v) is 14.8. The van der Waals surface area contributed by atoms with Crippen molar-refractivity contribution in [3.8, 4) is 0 Å². The molecule has 0 N–H and O–H groups in total. The summed E-state index contributed by atoms with van der Waals surface area (Å²) in [5, 5.41) is 0. The fraction of sp³-hybridized carbons (Fsp3) is 0.933. The Hall–Kier alpha value is -1.06. The number of rotatable bonds is 25. The smallest absolute Gasteiger partial charge is 0.322 e. The summed E-state index contributed by atoms with van der Waals surface area (Å²) in [6, 6.07) is 0. The van der Waals surface area contributed by atoms with E-state index in [0.29, 0.717) is 13.2 Å². The van der Waals surface area contributed by atoms with Gasteiger partial charge in [0.1, 0.15) is 0 Å². The van der Waals surface area contributed by atoms with Crippen molar-refractivity contribution in [3.05, 3.63) is 0 Å². The van der Waals surface area contributed by atoms with Gasteiger partial charge in [-0.1, -0.05) is 136 Å². The number of carbonyl (C=O) groups is 2. The predicted molar refractivity (Wildman–Crippen MR) is 144 cm³/mol. The highest BCUT2D eigenvalue weighted by atomic mass is 16.6. The number of hydrogen-bond acceptors (Lipinski definition) is 4. The SMILES string of the molecule is CCCCCCCCCCCCCOC(=O)C(C)(C)C(=O)OCCCCCCCCCCCC. The minimum atomic E-state index is -1.23. The van der Waals surface area contributed by atoms with Gasteiger partial charge in [-0.3, -0.25) is 9.59 Å². The average Bonchev–Trinajstić information content (AvgIpc) is 2.82. The molecule has 0 radical (unpaired) electrons. The molecule has 0 aromatic rings. The van der Waals surface area contributed by atoms with E-state index in [4.69, 9.17) is 9.47 Å². The van der Waals surface area contributed by atoms with Crippen LogP contribution in [0.15, 0.2) is 0 Å². The second kappa shape index (κ2) is 23.7. The first-order valence-electron chi connectivity index (χ1n) is 14.8. The molecule has 0 aliphatic rings. The lowest BCUT2D eigenvalue weighted by Gasteiger charge is -2.20. The normalized spacial score (nSPS) is 11.5. The molecule has 0 atom stereocenters. The Kier molecular flexibility index (Phi) is 22.9. The molecule has 0 aromatic carbocycles. The fourth-order valence-electron chi connectivity index (χ4n) is 4.13. The van der Waals surface area contributed by atoms with Gasteiger partial charge in [0.15, 0.2) is 5.41 Å². The van der Waals surface area contributed by atoms with Crippen LogP contribution in [0.25, 0.3) is 0 Å². The number of hydrogen-bond donors (Lipinski definition) is 0. The van der Waals surface area contributed by atoms with Crippen molar-refractivity contribution in [3.63, 3.8) is 0 Å². The van der Waals surface area contributed by atoms with Crippen molar-refractivity contribution in [1.29, 1.82) is 0 Å². The summed E-state index contributed by atoms with van der Waals surface area (Å²) in [6.07, 6.45) is 26.3. The second-order valence-corrected chi connectivity index (χ2v) is 10.6. The molecule has 0 saturated heterocycles. The molecule has 0 unspecified atom stereocenters. The number of ether oxygens (including phenoxy) is 2. The quantitative estimate of drug-likeness (QED) is 0.0738. The molecule has 34 heavy (non-hydrogen) atoms. The third-order valence-electron chi connectivity index (χ3n) is 6.73. The number of carbonyl (C=O) groups excluding carboxylic acids is 2. The van der Waals surface area contributed by atoms with Crippen LogP contribution in [0.1, 0.15) is 163 Å². The van der Waals surface area contributed by atoms with E-state index in [1.54, 1.807) is 13.8 Å². The van der Waals surface area contributed by atoms with Gasteiger partial charge in [0, 0.05) is 0 Å². The molecule has 0 rings (SSSR count). The lowest BCUT2D eigenvalue weighted by atomic mass is 9.94. The summed E-state index contributed by atoms with van der Waals surface area (Å²) in [4.78, 5) is 24.7. The second-order valence-electron chi connectivity index (χ2n) is 10.6. The Morgan fingerprint density at radius 3 is 0.941 bits per heavy atom. The van der Waals surface area contributed by atoms with E-state index in [0.717, 1.165) is 25.7 Å². The maximum Gasteiger partial charge on any atom is 0.322 e. The predicted octanol–water partition coefficient (Wildman–Crippen LogP) is 9.33. The van der Waals surface area contributed by atoms with E-state index >= 15 is 0 Å². The van der Waals surface area contributed by atoms with Crippen molar-refractivity contribution in [1.82, 2.24) is 0 Å². The largest absolute Gasteiger partial charge is 0.465 e. The molecule has 0 saturated carbocycles. The van der Waals surface area contributed by atoms with Crippen LogP contribution in [0, 0.1) is 5.41 Å². The molecule has 0 amide bonds. The molecule has 0 heterocycles. The van der Waals surface area contributed by atoms with Crippen molar-refractivity contribution in [2.45, 2.75) is 163 Å². The van der Waals surface area contributed by atoms with Gasteiger partial charge < -0.3 is 9.47 Å².